The van der Waals surface area contributed by atoms with Crippen LogP contribution in [0.15, 0.2) is 34.4 Å². The van der Waals surface area contributed by atoms with Gasteiger partial charge in [0, 0.05) is 26.7 Å². The summed E-state index contributed by atoms with van der Waals surface area (Å²) >= 11 is 3.95. The van der Waals surface area contributed by atoms with Crippen molar-refractivity contribution in [3.8, 4) is 11.5 Å². The molecule has 3 aromatic rings. The van der Waals surface area contributed by atoms with Crippen LogP contribution in [0, 0.1) is 3.57 Å². The lowest BCUT2D eigenvalue weighted by atomic mass is 10.1. The van der Waals surface area contributed by atoms with Crippen molar-refractivity contribution in [3.05, 3.63) is 28.0 Å². The Morgan fingerprint density at radius 1 is 1.23 bits per heavy atom. The molecule has 0 atom stereocenters. The maximum atomic E-state index is 6.12. The molecule has 1 aliphatic rings. The molecular weight excluding hydrogens is 517 g/mol. The zero-order valence-electron chi connectivity index (χ0n) is 17.4. The van der Waals surface area contributed by atoms with E-state index in [4.69, 9.17) is 20.2 Å². The Bertz CT molecular complexity index is 1060. The highest BCUT2D eigenvalue weighted by Gasteiger charge is 2.19. The van der Waals surface area contributed by atoms with E-state index in [0.29, 0.717) is 19.0 Å². The van der Waals surface area contributed by atoms with Gasteiger partial charge in [-0.3, -0.25) is 0 Å². The summed E-state index contributed by atoms with van der Waals surface area (Å²) in [7, 11) is 0. The van der Waals surface area contributed by atoms with E-state index in [1.54, 1.807) is 18.0 Å². The number of hydrogen-bond donors (Lipinski definition) is 2. The van der Waals surface area contributed by atoms with Crippen molar-refractivity contribution in [1.82, 2.24) is 19.9 Å². The van der Waals surface area contributed by atoms with Gasteiger partial charge in [-0.15, -0.1) is 0 Å². The number of hydrogen-bond acceptors (Lipinski definition) is 7. The summed E-state index contributed by atoms with van der Waals surface area (Å²) in [5.74, 6) is 2.03. The SMILES string of the molecule is CC(C)(C)NCCCn1c(Sc2cc3c(cc2[131I])OCCO3)nc2c(N)nccc21. The van der Waals surface area contributed by atoms with Crippen molar-refractivity contribution in [2.24, 2.45) is 0 Å². The molecule has 0 saturated carbocycles. The Balaban J connectivity index is 1.64. The molecule has 30 heavy (non-hydrogen) atoms. The zero-order chi connectivity index (χ0) is 21.3. The van der Waals surface area contributed by atoms with Crippen molar-refractivity contribution >= 4 is 51.2 Å². The molecule has 1 aliphatic heterocycles. The quantitative estimate of drug-likeness (QED) is 0.354. The van der Waals surface area contributed by atoms with Gasteiger partial charge in [0.2, 0.25) is 0 Å². The fourth-order valence-electron chi connectivity index (χ4n) is 3.27. The van der Waals surface area contributed by atoms with Crippen molar-refractivity contribution < 1.29 is 9.47 Å². The number of benzene rings is 1. The van der Waals surface area contributed by atoms with Crippen LogP contribution in [-0.2, 0) is 6.54 Å². The minimum Gasteiger partial charge on any atom is -0.486 e. The molecular formula is C21H26IN5O2S. The summed E-state index contributed by atoms with van der Waals surface area (Å²) in [6.45, 7) is 9.45. The number of nitrogens with one attached hydrogen (secondary N) is 1. The number of halogens is 1. The lowest BCUT2D eigenvalue weighted by Crippen LogP contribution is -2.36. The van der Waals surface area contributed by atoms with Gasteiger partial charge in [-0.25, -0.2) is 9.97 Å². The minimum atomic E-state index is 0.101. The van der Waals surface area contributed by atoms with E-state index in [1.807, 2.05) is 18.2 Å². The first kappa shape index (κ1) is 21.5. The second-order valence-electron chi connectivity index (χ2n) is 8.17. The number of imidazole rings is 1. The molecule has 2 aromatic heterocycles. The van der Waals surface area contributed by atoms with Crippen LogP contribution in [0.25, 0.3) is 11.0 Å². The number of pyridine rings is 1. The van der Waals surface area contributed by atoms with Gasteiger partial charge in [0.1, 0.15) is 18.7 Å². The van der Waals surface area contributed by atoms with E-state index in [2.05, 4.69) is 58.2 Å². The number of anilines is 1. The molecule has 0 fully saturated rings. The number of nitrogens with two attached hydrogens (primary N) is 1. The average molecular weight is 543 g/mol. The van der Waals surface area contributed by atoms with Crippen molar-refractivity contribution in [1.29, 1.82) is 0 Å². The number of aromatic nitrogens is 3. The molecule has 7 nitrogen and oxygen atoms in total. The van der Waals surface area contributed by atoms with Crippen LogP contribution < -0.4 is 20.5 Å². The Kier molecular flexibility index (Phi) is 6.31. The van der Waals surface area contributed by atoms with Crippen molar-refractivity contribution in [3.63, 3.8) is 0 Å². The molecule has 0 unspecified atom stereocenters. The molecule has 3 heterocycles. The van der Waals surface area contributed by atoms with Gasteiger partial charge in [0.05, 0.1) is 5.52 Å². The van der Waals surface area contributed by atoms with E-state index >= 15 is 0 Å². The van der Waals surface area contributed by atoms with Crippen LogP contribution in [0.4, 0.5) is 5.82 Å². The lowest BCUT2D eigenvalue weighted by Gasteiger charge is -2.21. The smallest absolute Gasteiger partial charge is 0.174 e. The highest BCUT2D eigenvalue weighted by atomic mass is 131. The maximum absolute atomic E-state index is 6.12. The number of fused-ring (bicyclic) bond motifs is 2. The first-order chi connectivity index (χ1) is 14.3. The van der Waals surface area contributed by atoms with Gasteiger partial charge < -0.3 is 25.1 Å². The Morgan fingerprint density at radius 3 is 2.70 bits per heavy atom. The summed E-state index contributed by atoms with van der Waals surface area (Å²) < 4.78 is 14.8. The largest absolute Gasteiger partial charge is 0.486 e. The number of aryl methyl sites for hydroxylation is 1. The third kappa shape index (κ3) is 4.78. The van der Waals surface area contributed by atoms with Gasteiger partial charge >= 0.3 is 0 Å². The van der Waals surface area contributed by atoms with Crippen LogP contribution in [-0.4, -0.2) is 39.8 Å². The number of nitrogen functional groups attached to an aromatic ring is 1. The summed E-state index contributed by atoms with van der Waals surface area (Å²) in [5, 5.41) is 4.45. The Hall–Kier alpha value is -1.72. The highest BCUT2D eigenvalue weighted by molar-refractivity contribution is 14.1. The second-order valence-corrected chi connectivity index (χ2v) is 10.3. The summed E-state index contributed by atoms with van der Waals surface area (Å²) in [5.41, 5.74) is 7.97. The van der Waals surface area contributed by atoms with Gasteiger partial charge in [0.25, 0.3) is 0 Å². The van der Waals surface area contributed by atoms with Crippen LogP contribution in [0.1, 0.15) is 27.2 Å². The normalized spacial score (nSPS) is 13.7. The molecule has 0 saturated heterocycles. The second kappa shape index (κ2) is 8.80. The fourth-order valence-corrected chi connectivity index (χ4v) is 4.99. The molecule has 9 heteroatoms. The van der Waals surface area contributed by atoms with E-state index in [1.165, 1.54) is 0 Å². The number of ether oxygens (including phenoxy) is 2. The van der Waals surface area contributed by atoms with Crippen LogP contribution in [0.2, 0.25) is 0 Å². The molecule has 3 N–H and O–H groups in total. The Labute approximate surface area is 194 Å². The zero-order valence-corrected chi connectivity index (χ0v) is 20.3. The standard InChI is InChI=1S/C21H26IN5O2S/c1-21(2,3)25-6-4-8-27-14-5-7-24-19(23)18(14)26-20(27)30-17-12-16-15(11-13(17)22)28-9-10-29-16/h5,7,11-12,25H,4,6,8-10H2,1-3H3,(H2,23,24)/i22+4. The van der Waals surface area contributed by atoms with E-state index in [9.17, 15) is 0 Å². The van der Waals surface area contributed by atoms with E-state index in [0.717, 1.165) is 55.7 Å². The third-order valence-electron chi connectivity index (χ3n) is 4.67. The molecule has 1 aromatic carbocycles. The third-order valence-corrected chi connectivity index (χ3v) is 6.98. The van der Waals surface area contributed by atoms with E-state index < -0.39 is 0 Å². The first-order valence-electron chi connectivity index (χ1n) is 9.94. The predicted octanol–water partition coefficient (Wildman–Crippen LogP) is 4.32. The number of nitrogens with zero attached hydrogens (tertiary/aromatic N) is 3. The van der Waals surface area contributed by atoms with Gasteiger partial charge in [-0.1, -0.05) is 11.8 Å². The summed E-state index contributed by atoms with van der Waals surface area (Å²) in [4.78, 5) is 10.1. The molecule has 0 radical (unpaired) electrons. The molecule has 4 rings (SSSR count). The predicted molar refractivity (Wildman–Crippen MR) is 129 cm³/mol. The Morgan fingerprint density at radius 2 is 1.97 bits per heavy atom. The molecule has 160 valence electrons. The van der Waals surface area contributed by atoms with Gasteiger partial charge in [-0.05, 0) is 74.5 Å². The molecule has 0 spiro atoms. The molecule has 0 amide bonds. The fraction of sp³-hybridized carbons (Fsp3) is 0.429. The maximum Gasteiger partial charge on any atom is 0.174 e. The lowest BCUT2D eigenvalue weighted by molar-refractivity contribution is 0.171. The van der Waals surface area contributed by atoms with Crippen LogP contribution in [0.5, 0.6) is 11.5 Å². The molecule has 0 aliphatic carbocycles. The van der Waals surface area contributed by atoms with Crippen molar-refractivity contribution in [2.75, 3.05) is 25.5 Å². The summed E-state index contributed by atoms with van der Waals surface area (Å²) in [6, 6.07) is 6.04. The monoisotopic (exact) mass is 543 g/mol. The average Bonchev–Trinajstić information content (AvgIpc) is 3.04. The van der Waals surface area contributed by atoms with E-state index in [-0.39, 0.29) is 5.54 Å². The van der Waals surface area contributed by atoms with Gasteiger partial charge in [0.15, 0.2) is 22.5 Å². The van der Waals surface area contributed by atoms with Crippen LogP contribution in [0.3, 0.4) is 0 Å². The summed E-state index contributed by atoms with van der Waals surface area (Å²) in [6.07, 6.45) is 2.72. The number of rotatable bonds is 6. The van der Waals surface area contributed by atoms with Crippen molar-refractivity contribution in [2.45, 2.75) is 49.3 Å². The highest BCUT2D eigenvalue weighted by Crippen LogP contribution is 2.41. The molecule has 0 bridgehead atoms. The van der Waals surface area contributed by atoms with Crippen LogP contribution >= 0.6 is 34.4 Å². The minimum absolute atomic E-state index is 0.101. The topological polar surface area (TPSA) is 87.2 Å². The first-order valence-corrected chi connectivity index (χ1v) is 11.8. The van der Waals surface area contributed by atoms with Gasteiger partial charge in [-0.2, -0.15) is 0 Å².